The number of carbonyl (C=O) groups is 3. The van der Waals surface area contributed by atoms with E-state index in [9.17, 15) is 19.2 Å². The van der Waals surface area contributed by atoms with Crippen molar-refractivity contribution in [1.82, 2.24) is 25.1 Å². The standard InChI is InChI=1S/C19H21N5O4/c1-23(10-14-20-13-7-3-2-6-12(13)16(26)21-14)15(25)11-24-17(27)19(22-18(24)28)8-4-5-9-19/h2-3,6-7H,4-5,8-11H2,1H3,(H,22,28)(H,20,21,26). The first-order chi connectivity index (χ1) is 13.4. The van der Waals surface area contributed by atoms with E-state index in [1.807, 2.05) is 0 Å². The molecule has 4 amide bonds. The van der Waals surface area contributed by atoms with Crippen LogP contribution in [0.5, 0.6) is 0 Å². The van der Waals surface area contributed by atoms with Gasteiger partial charge < -0.3 is 15.2 Å². The molecular formula is C19H21N5O4. The van der Waals surface area contributed by atoms with Crippen LogP contribution in [0.15, 0.2) is 29.1 Å². The van der Waals surface area contributed by atoms with E-state index in [2.05, 4.69) is 15.3 Å². The van der Waals surface area contributed by atoms with Crippen LogP contribution in [0.2, 0.25) is 0 Å². The zero-order chi connectivity index (χ0) is 19.9. The molecule has 28 heavy (non-hydrogen) atoms. The van der Waals surface area contributed by atoms with Crippen molar-refractivity contribution < 1.29 is 14.4 Å². The molecule has 1 saturated heterocycles. The van der Waals surface area contributed by atoms with Gasteiger partial charge in [0.25, 0.3) is 11.5 Å². The van der Waals surface area contributed by atoms with Crippen LogP contribution in [0.1, 0.15) is 31.5 Å². The Hall–Kier alpha value is -3.23. The molecule has 146 valence electrons. The zero-order valence-electron chi connectivity index (χ0n) is 15.5. The number of H-pyrrole nitrogens is 1. The van der Waals surface area contributed by atoms with Crippen LogP contribution in [-0.4, -0.2) is 56.7 Å². The minimum absolute atomic E-state index is 0.0632. The number of hydrogen-bond acceptors (Lipinski definition) is 5. The lowest BCUT2D eigenvalue weighted by Gasteiger charge is -2.22. The van der Waals surface area contributed by atoms with Gasteiger partial charge in [0.15, 0.2) is 0 Å². The van der Waals surface area contributed by atoms with E-state index in [1.165, 1.54) is 4.90 Å². The summed E-state index contributed by atoms with van der Waals surface area (Å²) in [7, 11) is 1.54. The van der Waals surface area contributed by atoms with E-state index in [0.29, 0.717) is 29.6 Å². The third kappa shape index (κ3) is 3.02. The number of amides is 4. The summed E-state index contributed by atoms with van der Waals surface area (Å²) in [5, 5.41) is 3.23. The number of benzene rings is 1. The average Bonchev–Trinajstić information content (AvgIpc) is 3.22. The van der Waals surface area contributed by atoms with Gasteiger partial charge in [-0.15, -0.1) is 0 Å². The first kappa shape index (κ1) is 18.1. The second-order valence-corrected chi connectivity index (χ2v) is 7.39. The number of imide groups is 1. The number of rotatable bonds is 4. The average molecular weight is 383 g/mol. The fraction of sp³-hybridized carbons (Fsp3) is 0.421. The molecule has 9 heteroatoms. The van der Waals surface area contributed by atoms with Crippen LogP contribution in [-0.2, 0) is 16.1 Å². The van der Waals surface area contributed by atoms with Gasteiger partial charge >= 0.3 is 6.03 Å². The number of fused-ring (bicyclic) bond motifs is 1. The maximum absolute atomic E-state index is 12.7. The second kappa shape index (κ2) is 6.74. The Morgan fingerprint density at radius 2 is 1.93 bits per heavy atom. The Balaban J connectivity index is 1.46. The van der Waals surface area contributed by atoms with E-state index in [4.69, 9.17) is 0 Å². The normalized spacial score (nSPS) is 18.1. The van der Waals surface area contributed by atoms with Gasteiger partial charge in [-0.05, 0) is 25.0 Å². The second-order valence-electron chi connectivity index (χ2n) is 7.39. The van der Waals surface area contributed by atoms with Crippen molar-refractivity contribution in [3.8, 4) is 0 Å². The molecule has 2 N–H and O–H groups in total. The van der Waals surface area contributed by atoms with Crippen molar-refractivity contribution in [3.63, 3.8) is 0 Å². The van der Waals surface area contributed by atoms with Crippen molar-refractivity contribution in [3.05, 3.63) is 40.4 Å². The predicted octanol–water partition coefficient (Wildman–Crippen LogP) is 0.746. The number of nitrogens with zero attached hydrogens (tertiary/aromatic N) is 3. The zero-order valence-corrected chi connectivity index (χ0v) is 15.5. The number of para-hydroxylation sites is 1. The number of urea groups is 1. The summed E-state index contributed by atoms with van der Waals surface area (Å²) in [5.74, 6) is -0.396. The monoisotopic (exact) mass is 383 g/mol. The Morgan fingerprint density at radius 3 is 2.68 bits per heavy atom. The molecule has 2 aliphatic rings. The van der Waals surface area contributed by atoms with Crippen LogP contribution in [0.25, 0.3) is 10.9 Å². The molecule has 0 radical (unpaired) electrons. The van der Waals surface area contributed by atoms with Crippen molar-refractivity contribution in [2.24, 2.45) is 0 Å². The van der Waals surface area contributed by atoms with Gasteiger partial charge in [0.05, 0.1) is 17.4 Å². The number of aromatic nitrogens is 2. The van der Waals surface area contributed by atoms with Crippen LogP contribution in [0.3, 0.4) is 0 Å². The van der Waals surface area contributed by atoms with Crippen LogP contribution in [0, 0.1) is 0 Å². The van der Waals surface area contributed by atoms with Crippen LogP contribution < -0.4 is 10.9 Å². The van der Waals surface area contributed by atoms with Crippen LogP contribution >= 0.6 is 0 Å². The summed E-state index contributed by atoms with van der Waals surface area (Å²) in [6, 6.07) is 6.42. The Bertz CT molecular complexity index is 1020. The van der Waals surface area contributed by atoms with Gasteiger partial charge in [-0.25, -0.2) is 9.78 Å². The predicted molar refractivity (Wildman–Crippen MR) is 100 cm³/mol. The third-order valence-electron chi connectivity index (χ3n) is 5.47. The molecule has 0 unspecified atom stereocenters. The van der Waals surface area contributed by atoms with Crippen molar-refractivity contribution in [2.75, 3.05) is 13.6 Å². The van der Waals surface area contributed by atoms with E-state index in [-0.39, 0.29) is 24.6 Å². The van der Waals surface area contributed by atoms with E-state index < -0.39 is 17.5 Å². The van der Waals surface area contributed by atoms with Gasteiger partial charge in [-0.3, -0.25) is 19.3 Å². The largest absolute Gasteiger partial charge is 0.337 e. The van der Waals surface area contributed by atoms with Crippen molar-refractivity contribution in [2.45, 2.75) is 37.8 Å². The molecule has 2 fully saturated rings. The Labute approximate surface area is 160 Å². The summed E-state index contributed by atoms with van der Waals surface area (Å²) in [6.07, 6.45) is 2.99. The lowest BCUT2D eigenvalue weighted by atomic mass is 9.98. The number of likely N-dealkylation sites (N-methyl/N-ethyl adjacent to an activating group) is 1. The molecule has 9 nitrogen and oxygen atoms in total. The topological polar surface area (TPSA) is 115 Å². The maximum atomic E-state index is 12.7. The molecule has 1 aliphatic carbocycles. The number of nitrogens with one attached hydrogen (secondary N) is 2. The molecule has 4 rings (SSSR count). The molecule has 1 aromatic carbocycles. The molecule has 2 heterocycles. The summed E-state index contributed by atoms with van der Waals surface area (Å²) < 4.78 is 0. The number of aromatic amines is 1. The number of carbonyl (C=O) groups excluding carboxylic acids is 3. The number of hydrogen-bond donors (Lipinski definition) is 2. The van der Waals surface area contributed by atoms with E-state index in [0.717, 1.165) is 17.7 Å². The Morgan fingerprint density at radius 1 is 1.21 bits per heavy atom. The van der Waals surface area contributed by atoms with Gasteiger partial charge in [-0.2, -0.15) is 0 Å². The lowest BCUT2D eigenvalue weighted by molar-refractivity contribution is -0.138. The minimum Gasteiger partial charge on any atom is -0.337 e. The SMILES string of the molecule is CN(Cc1nc2ccccc2c(=O)[nH]1)C(=O)CN1C(=O)NC2(CCCC2)C1=O. The quantitative estimate of drug-likeness (QED) is 0.756. The van der Waals surface area contributed by atoms with Crippen molar-refractivity contribution >= 4 is 28.7 Å². The van der Waals surface area contributed by atoms with E-state index >= 15 is 0 Å². The van der Waals surface area contributed by atoms with Gasteiger partial charge in [0, 0.05) is 7.05 Å². The fourth-order valence-electron chi connectivity index (χ4n) is 3.92. The highest BCUT2D eigenvalue weighted by molar-refractivity contribution is 6.09. The molecule has 1 aliphatic heterocycles. The van der Waals surface area contributed by atoms with E-state index in [1.54, 1.807) is 31.3 Å². The van der Waals surface area contributed by atoms with Gasteiger partial charge in [0.2, 0.25) is 5.91 Å². The molecule has 2 aromatic rings. The highest BCUT2D eigenvalue weighted by Crippen LogP contribution is 2.34. The molecule has 0 atom stereocenters. The summed E-state index contributed by atoms with van der Waals surface area (Å²) >= 11 is 0. The smallest absolute Gasteiger partial charge is 0.325 e. The maximum Gasteiger partial charge on any atom is 0.325 e. The lowest BCUT2D eigenvalue weighted by Crippen LogP contribution is -2.45. The third-order valence-corrected chi connectivity index (χ3v) is 5.47. The van der Waals surface area contributed by atoms with Crippen LogP contribution in [0.4, 0.5) is 4.79 Å². The molecule has 1 spiro atoms. The summed E-state index contributed by atoms with van der Waals surface area (Å²) in [4.78, 5) is 59.0. The minimum atomic E-state index is -0.832. The summed E-state index contributed by atoms with van der Waals surface area (Å²) in [5.41, 5.74) is -0.570. The molecular weight excluding hydrogens is 362 g/mol. The Kier molecular flexibility index (Phi) is 4.37. The first-order valence-corrected chi connectivity index (χ1v) is 9.26. The molecule has 0 bridgehead atoms. The highest BCUT2D eigenvalue weighted by atomic mass is 16.2. The van der Waals surface area contributed by atoms with Gasteiger partial charge in [-0.1, -0.05) is 25.0 Å². The first-order valence-electron chi connectivity index (χ1n) is 9.26. The highest BCUT2D eigenvalue weighted by Gasteiger charge is 2.52. The summed E-state index contributed by atoms with van der Waals surface area (Å²) in [6.45, 7) is -0.269. The van der Waals surface area contributed by atoms with Crippen molar-refractivity contribution in [1.29, 1.82) is 0 Å². The van der Waals surface area contributed by atoms with Gasteiger partial charge in [0.1, 0.15) is 17.9 Å². The molecule has 1 saturated carbocycles. The molecule has 1 aromatic heterocycles. The fourth-order valence-corrected chi connectivity index (χ4v) is 3.92.